The van der Waals surface area contributed by atoms with Crippen LogP contribution in [0, 0.1) is 0 Å². The van der Waals surface area contributed by atoms with Gasteiger partial charge in [0.1, 0.15) is 24.4 Å². The lowest BCUT2D eigenvalue weighted by atomic mass is 9.99. The summed E-state index contributed by atoms with van der Waals surface area (Å²) < 4.78 is 10.4. The van der Waals surface area contributed by atoms with Gasteiger partial charge in [-0.3, -0.25) is 0 Å². The van der Waals surface area contributed by atoms with Crippen molar-refractivity contribution >= 4 is 0 Å². The summed E-state index contributed by atoms with van der Waals surface area (Å²) >= 11 is 0. The van der Waals surface area contributed by atoms with Crippen molar-refractivity contribution in [2.45, 2.75) is 30.7 Å². The van der Waals surface area contributed by atoms with Gasteiger partial charge in [-0.05, 0) is 12.1 Å². The molecule has 1 aliphatic heterocycles. The first-order valence-electron chi connectivity index (χ1n) is 5.79. The summed E-state index contributed by atoms with van der Waals surface area (Å²) in [6.45, 7) is -0.536. The van der Waals surface area contributed by atoms with Crippen LogP contribution >= 0.6 is 0 Å². The minimum atomic E-state index is -1.51. The molecule has 5 atom stereocenters. The number of aliphatic hydroxyl groups is 4. The number of phenols is 1. The fourth-order valence-corrected chi connectivity index (χ4v) is 1.85. The Kier molecular flexibility index (Phi) is 4.23. The maximum absolute atomic E-state index is 9.75. The molecule has 1 saturated heterocycles. The van der Waals surface area contributed by atoms with Crippen molar-refractivity contribution in [3.8, 4) is 11.5 Å². The number of hydrogen-bond acceptors (Lipinski definition) is 7. The van der Waals surface area contributed by atoms with Gasteiger partial charge in [-0.2, -0.15) is 0 Å². The summed E-state index contributed by atoms with van der Waals surface area (Å²) in [5.74, 6) is -0.0914. The zero-order valence-electron chi connectivity index (χ0n) is 9.96. The van der Waals surface area contributed by atoms with E-state index in [4.69, 9.17) is 14.6 Å². The zero-order valence-corrected chi connectivity index (χ0v) is 9.96. The molecular weight excluding hydrogens is 256 g/mol. The fraction of sp³-hybridized carbons (Fsp3) is 0.500. The highest BCUT2D eigenvalue weighted by Crippen LogP contribution is 2.29. The summed E-state index contributed by atoms with van der Waals surface area (Å²) in [6, 6.07) is 6.05. The van der Waals surface area contributed by atoms with Crippen molar-refractivity contribution < 1.29 is 35.0 Å². The Morgan fingerprint density at radius 3 is 2.37 bits per heavy atom. The Labute approximate surface area is 109 Å². The van der Waals surface area contributed by atoms with Crippen LogP contribution in [0.2, 0.25) is 0 Å². The first-order chi connectivity index (χ1) is 9.04. The van der Waals surface area contributed by atoms with Crippen molar-refractivity contribution in [2.24, 2.45) is 0 Å². The number of benzene rings is 1. The summed E-state index contributed by atoms with van der Waals surface area (Å²) in [6.07, 6.45) is -6.80. The van der Waals surface area contributed by atoms with E-state index in [1.807, 2.05) is 0 Å². The third kappa shape index (κ3) is 2.80. The van der Waals surface area contributed by atoms with E-state index in [1.54, 1.807) is 12.1 Å². The average Bonchev–Trinajstić information content (AvgIpc) is 2.41. The van der Waals surface area contributed by atoms with Gasteiger partial charge in [-0.1, -0.05) is 12.1 Å². The molecule has 0 spiro atoms. The molecule has 0 radical (unpaired) electrons. The Morgan fingerprint density at radius 2 is 1.74 bits per heavy atom. The minimum Gasteiger partial charge on any atom is -0.504 e. The summed E-state index contributed by atoms with van der Waals surface area (Å²) in [5.41, 5.74) is 0. The maximum atomic E-state index is 9.75. The number of aliphatic hydroxyl groups excluding tert-OH is 4. The number of rotatable bonds is 3. The van der Waals surface area contributed by atoms with E-state index in [0.29, 0.717) is 0 Å². The molecule has 0 amide bonds. The first kappa shape index (κ1) is 14.0. The van der Waals surface area contributed by atoms with Gasteiger partial charge in [0.05, 0.1) is 6.61 Å². The van der Waals surface area contributed by atoms with Crippen molar-refractivity contribution in [3.63, 3.8) is 0 Å². The zero-order chi connectivity index (χ0) is 14.0. The lowest BCUT2D eigenvalue weighted by Crippen LogP contribution is -2.60. The maximum Gasteiger partial charge on any atom is 0.229 e. The number of ether oxygens (including phenoxy) is 2. The van der Waals surface area contributed by atoms with E-state index in [0.717, 1.165) is 0 Å². The number of aromatic hydroxyl groups is 1. The average molecular weight is 272 g/mol. The molecule has 106 valence electrons. The van der Waals surface area contributed by atoms with E-state index in [9.17, 15) is 20.4 Å². The lowest BCUT2D eigenvalue weighted by molar-refractivity contribution is -0.277. The molecule has 7 nitrogen and oxygen atoms in total. The second kappa shape index (κ2) is 5.72. The van der Waals surface area contributed by atoms with Crippen LogP contribution in [0.3, 0.4) is 0 Å². The van der Waals surface area contributed by atoms with E-state index < -0.39 is 37.3 Å². The molecule has 19 heavy (non-hydrogen) atoms. The predicted octanol–water partition coefficient (Wildman–Crippen LogP) is -1.43. The molecule has 0 bridgehead atoms. The summed E-state index contributed by atoms with van der Waals surface area (Å²) in [7, 11) is 0. The van der Waals surface area contributed by atoms with Crippen molar-refractivity contribution in [3.05, 3.63) is 24.3 Å². The largest absolute Gasteiger partial charge is 0.504 e. The smallest absolute Gasteiger partial charge is 0.229 e. The van der Waals surface area contributed by atoms with Crippen LogP contribution < -0.4 is 4.74 Å². The van der Waals surface area contributed by atoms with Gasteiger partial charge in [0.15, 0.2) is 11.5 Å². The molecule has 1 heterocycles. The molecule has 1 aromatic rings. The molecule has 0 aromatic heterocycles. The highest BCUT2D eigenvalue weighted by Gasteiger charge is 2.44. The van der Waals surface area contributed by atoms with E-state index >= 15 is 0 Å². The second-order valence-electron chi connectivity index (χ2n) is 4.28. The molecule has 0 saturated carbocycles. The van der Waals surface area contributed by atoms with Gasteiger partial charge in [0.25, 0.3) is 0 Å². The molecule has 1 aliphatic rings. The molecule has 1 fully saturated rings. The van der Waals surface area contributed by atoms with Crippen LogP contribution in [0.25, 0.3) is 0 Å². The molecule has 0 aliphatic carbocycles. The summed E-state index contributed by atoms with van der Waals surface area (Å²) in [5, 5.41) is 47.5. The molecule has 2 rings (SSSR count). The minimum absolute atomic E-state index is 0.0619. The van der Waals surface area contributed by atoms with Gasteiger partial charge in [-0.25, -0.2) is 0 Å². The Balaban J connectivity index is 2.13. The topological polar surface area (TPSA) is 120 Å². The van der Waals surface area contributed by atoms with Crippen LogP contribution in [0.15, 0.2) is 24.3 Å². The Hall–Kier alpha value is -1.38. The Morgan fingerprint density at radius 1 is 1.05 bits per heavy atom. The van der Waals surface area contributed by atoms with Gasteiger partial charge in [0.2, 0.25) is 6.29 Å². The Bertz CT molecular complexity index is 422. The molecule has 1 aromatic carbocycles. The van der Waals surface area contributed by atoms with E-state index in [2.05, 4.69) is 0 Å². The third-order valence-corrected chi connectivity index (χ3v) is 2.96. The van der Waals surface area contributed by atoms with Crippen LogP contribution in [0.5, 0.6) is 11.5 Å². The normalized spacial score (nSPS) is 35.1. The SMILES string of the molecule is OC[C@@H]1O[C@H](Oc2ccccc2O)[C@@H](O)[C@H](O)[C@H]1O. The highest BCUT2D eigenvalue weighted by atomic mass is 16.7. The quantitative estimate of drug-likeness (QED) is 0.457. The van der Waals surface area contributed by atoms with Crippen LogP contribution in [-0.4, -0.2) is 62.8 Å². The molecule has 0 unspecified atom stereocenters. The predicted molar refractivity (Wildman–Crippen MR) is 62.5 cm³/mol. The van der Waals surface area contributed by atoms with Gasteiger partial charge >= 0.3 is 0 Å². The van der Waals surface area contributed by atoms with Gasteiger partial charge in [0, 0.05) is 0 Å². The first-order valence-corrected chi connectivity index (χ1v) is 5.79. The van der Waals surface area contributed by atoms with Gasteiger partial charge < -0.3 is 35.0 Å². The number of para-hydroxylation sites is 2. The van der Waals surface area contributed by atoms with Crippen molar-refractivity contribution in [1.82, 2.24) is 0 Å². The monoisotopic (exact) mass is 272 g/mol. The fourth-order valence-electron chi connectivity index (χ4n) is 1.85. The number of phenolic OH excluding ortho intramolecular Hbond substituents is 1. The molecule has 5 N–H and O–H groups in total. The van der Waals surface area contributed by atoms with Crippen molar-refractivity contribution in [2.75, 3.05) is 6.61 Å². The van der Waals surface area contributed by atoms with Crippen LogP contribution in [0.1, 0.15) is 0 Å². The highest BCUT2D eigenvalue weighted by molar-refractivity contribution is 5.38. The van der Waals surface area contributed by atoms with Crippen LogP contribution in [0.4, 0.5) is 0 Å². The number of hydrogen-bond donors (Lipinski definition) is 5. The molecular formula is C12H16O7. The van der Waals surface area contributed by atoms with E-state index in [1.165, 1.54) is 12.1 Å². The lowest BCUT2D eigenvalue weighted by Gasteiger charge is -2.39. The van der Waals surface area contributed by atoms with Crippen molar-refractivity contribution in [1.29, 1.82) is 0 Å². The summed E-state index contributed by atoms with van der Waals surface area (Å²) in [4.78, 5) is 0. The standard InChI is InChI=1S/C12H16O7/c13-5-8-9(15)10(16)11(17)12(19-8)18-7-4-2-1-3-6(7)14/h1-4,8-17H,5H2/t8-,9-,10+,11-,12-/m0/s1. The van der Waals surface area contributed by atoms with E-state index in [-0.39, 0.29) is 11.5 Å². The van der Waals surface area contributed by atoms with Crippen LogP contribution in [-0.2, 0) is 4.74 Å². The molecule has 7 heteroatoms. The second-order valence-corrected chi connectivity index (χ2v) is 4.28. The third-order valence-electron chi connectivity index (χ3n) is 2.96. The van der Waals surface area contributed by atoms with Gasteiger partial charge in [-0.15, -0.1) is 0 Å².